The third-order valence-corrected chi connectivity index (χ3v) is 8.01. The molecule has 0 saturated carbocycles. The van der Waals surface area contributed by atoms with Crippen molar-refractivity contribution in [2.75, 3.05) is 12.3 Å². The first kappa shape index (κ1) is 21.2. The van der Waals surface area contributed by atoms with E-state index in [0.717, 1.165) is 0 Å². The lowest BCUT2D eigenvalue weighted by Crippen LogP contribution is -2.12. The SMILES string of the molecule is CCP(CC)c1ccccc1-c1c(C(C)C)cc(C(C)C)cc1C(C)C. The minimum atomic E-state index is -0.0792. The van der Waals surface area contributed by atoms with Crippen LogP contribution in [0.4, 0.5) is 0 Å². The summed E-state index contributed by atoms with van der Waals surface area (Å²) in [7, 11) is -0.0792. The fourth-order valence-electron chi connectivity index (χ4n) is 3.79. The van der Waals surface area contributed by atoms with E-state index in [0.29, 0.717) is 17.8 Å². The van der Waals surface area contributed by atoms with Crippen LogP contribution in [0.1, 0.15) is 89.8 Å². The quantitative estimate of drug-likeness (QED) is 0.436. The Morgan fingerprint density at radius 1 is 0.731 bits per heavy atom. The summed E-state index contributed by atoms with van der Waals surface area (Å²) in [5.41, 5.74) is 7.53. The van der Waals surface area contributed by atoms with Crippen molar-refractivity contribution < 1.29 is 0 Å². The fraction of sp³-hybridized carbons (Fsp3) is 0.520. The molecule has 2 rings (SSSR count). The van der Waals surface area contributed by atoms with E-state index in [9.17, 15) is 0 Å². The van der Waals surface area contributed by atoms with Gasteiger partial charge in [-0.25, -0.2) is 0 Å². The molecule has 0 radical (unpaired) electrons. The number of hydrogen-bond acceptors (Lipinski definition) is 0. The van der Waals surface area contributed by atoms with Gasteiger partial charge in [-0.2, -0.15) is 0 Å². The molecule has 0 heterocycles. The van der Waals surface area contributed by atoms with Gasteiger partial charge in [0, 0.05) is 0 Å². The van der Waals surface area contributed by atoms with E-state index in [-0.39, 0.29) is 7.92 Å². The number of benzene rings is 2. The Hall–Kier alpha value is -1.13. The van der Waals surface area contributed by atoms with E-state index in [1.54, 1.807) is 5.30 Å². The lowest BCUT2D eigenvalue weighted by Gasteiger charge is -2.26. The minimum Gasteiger partial charge on any atom is -0.0752 e. The van der Waals surface area contributed by atoms with Gasteiger partial charge in [-0.15, -0.1) is 0 Å². The van der Waals surface area contributed by atoms with Gasteiger partial charge >= 0.3 is 0 Å². The highest BCUT2D eigenvalue weighted by Gasteiger charge is 2.21. The summed E-state index contributed by atoms with van der Waals surface area (Å²) < 4.78 is 0. The molecule has 2 aromatic rings. The summed E-state index contributed by atoms with van der Waals surface area (Å²) >= 11 is 0. The zero-order valence-electron chi connectivity index (χ0n) is 18.1. The maximum Gasteiger partial charge on any atom is -0.0101 e. The fourth-order valence-corrected chi connectivity index (χ4v) is 5.74. The Kier molecular flexibility index (Phi) is 7.48. The van der Waals surface area contributed by atoms with Gasteiger partial charge in [0.25, 0.3) is 0 Å². The van der Waals surface area contributed by atoms with Crippen molar-refractivity contribution in [3.63, 3.8) is 0 Å². The highest BCUT2D eigenvalue weighted by molar-refractivity contribution is 7.65. The lowest BCUT2D eigenvalue weighted by molar-refractivity contribution is 0.808. The summed E-state index contributed by atoms with van der Waals surface area (Å²) in [6.07, 6.45) is 2.53. The predicted octanol–water partition coefficient (Wildman–Crippen LogP) is 7.87. The predicted molar refractivity (Wildman–Crippen MR) is 122 cm³/mol. The topological polar surface area (TPSA) is 0 Å². The van der Waals surface area contributed by atoms with Gasteiger partial charge in [0.1, 0.15) is 0 Å². The van der Waals surface area contributed by atoms with Gasteiger partial charge in [0.2, 0.25) is 0 Å². The van der Waals surface area contributed by atoms with Crippen molar-refractivity contribution in [2.24, 2.45) is 0 Å². The van der Waals surface area contributed by atoms with Gasteiger partial charge in [-0.05, 0) is 63.2 Å². The van der Waals surface area contributed by atoms with Crippen LogP contribution in [0.3, 0.4) is 0 Å². The third kappa shape index (κ3) is 4.40. The Labute approximate surface area is 163 Å². The molecule has 0 fully saturated rings. The molecule has 0 aliphatic heterocycles. The highest BCUT2D eigenvalue weighted by atomic mass is 31.1. The molecule has 1 heteroatoms. The average Bonchev–Trinajstić information content (AvgIpc) is 2.61. The molecule has 0 nitrogen and oxygen atoms in total. The minimum absolute atomic E-state index is 0.0792. The summed E-state index contributed by atoms with van der Waals surface area (Å²) in [6, 6.07) is 14.2. The Morgan fingerprint density at radius 2 is 1.23 bits per heavy atom. The van der Waals surface area contributed by atoms with Crippen LogP contribution in [0.15, 0.2) is 36.4 Å². The first-order valence-electron chi connectivity index (χ1n) is 10.3. The smallest absolute Gasteiger partial charge is 0.0101 e. The Balaban J connectivity index is 2.85. The van der Waals surface area contributed by atoms with Gasteiger partial charge < -0.3 is 0 Å². The van der Waals surface area contributed by atoms with Crippen LogP contribution in [-0.2, 0) is 0 Å². The second-order valence-electron chi connectivity index (χ2n) is 8.23. The van der Waals surface area contributed by atoms with Crippen LogP contribution >= 0.6 is 7.92 Å². The van der Waals surface area contributed by atoms with E-state index in [1.165, 1.54) is 40.1 Å². The van der Waals surface area contributed by atoms with Gasteiger partial charge in [0.15, 0.2) is 0 Å². The molecular formula is C25H37P. The summed E-state index contributed by atoms with van der Waals surface area (Å²) in [5, 5.41) is 1.59. The van der Waals surface area contributed by atoms with E-state index >= 15 is 0 Å². The van der Waals surface area contributed by atoms with Crippen LogP contribution in [0.5, 0.6) is 0 Å². The average molecular weight is 369 g/mol. The summed E-state index contributed by atoms with van der Waals surface area (Å²) in [5.74, 6) is 1.63. The maximum atomic E-state index is 2.48. The molecule has 0 bridgehead atoms. The Bertz CT molecular complexity index is 692. The maximum absolute atomic E-state index is 2.48. The van der Waals surface area contributed by atoms with Crippen molar-refractivity contribution in [3.05, 3.63) is 53.1 Å². The van der Waals surface area contributed by atoms with Gasteiger partial charge in [0.05, 0.1) is 0 Å². The van der Waals surface area contributed by atoms with Crippen LogP contribution in [0.2, 0.25) is 0 Å². The van der Waals surface area contributed by atoms with Crippen molar-refractivity contribution in [3.8, 4) is 11.1 Å². The monoisotopic (exact) mass is 368 g/mol. The zero-order chi connectivity index (χ0) is 19.4. The van der Waals surface area contributed by atoms with Crippen molar-refractivity contribution >= 4 is 13.2 Å². The van der Waals surface area contributed by atoms with Crippen molar-refractivity contribution in [1.82, 2.24) is 0 Å². The van der Waals surface area contributed by atoms with E-state index in [4.69, 9.17) is 0 Å². The molecule has 0 unspecified atom stereocenters. The molecule has 0 amide bonds. The molecule has 0 saturated heterocycles. The van der Waals surface area contributed by atoms with E-state index in [1.807, 2.05) is 0 Å². The molecule has 142 valence electrons. The summed E-state index contributed by atoms with van der Waals surface area (Å²) in [6.45, 7) is 18.7. The van der Waals surface area contributed by atoms with Crippen LogP contribution in [-0.4, -0.2) is 12.3 Å². The number of rotatable bonds is 7. The first-order valence-corrected chi connectivity index (χ1v) is 12.0. The van der Waals surface area contributed by atoms with Gasteiger partial charge in [-0.3, -0.25) is 0 Å². The second-order valence-corrected chi connectivity index (χ2v) is 11.1. The molecule has 0 aliphatic rings. The standard InChI is InChI=1S/C25H37P/c1-9-26(10-2)24-14-12-11-13-21(24)25-22(18(5)6)15-20(17(3)4)16-23(25)19(7)8/h11-19H,9-10H2,1-8H3. The first-order chi connectivity index (χ1) is 12.3. The molecule has 0 N–H and O–H groups in total. The normalized spacial score (nSPS) is 12.0. The molecule has 0 spiro atoms. The second kappa shape index (κ2) is 9.18. The molecule has 0 aromatic heterocycles. The van der Waals surface area contributed by atoms with E-state index < -0.39 is 0 Å². The highest BCUT2D eigenvalue weighted by Crippen LogP contribution is 2.43. The largest absolute Gasteiger partial charge is 0.0752 e. The molecule has 2 aromatic carbocycles. The molecule has 0 aliphatic carbocycles. The van der Waals surface area contributed by atoms with Crippen LogP contribution in [0.25, 0.3) is 11.1 Å². The van der Waals surface area contributed by atoms with Crippen molar-refractivity contribution in [2.45, 2.75) is 73.1 Å². The van der Waals surface area contributed by atoms with Crippen LogP contribution in [0, 0.1) is 0 Å². The van der Waals surface area contributed by atoms with Gasteiger partial charge in [-0.1, -0.05) is 99.7 Å². The Morgan fingerprint density at radius 3 is 1.65 bits per heavy atom. The number of hydrogen-bond donors (Lipinski definition) is 0. The molecule has 0 atom stereocenters. The van der Waals surface area contributed by atoms with Crippen molar-refractivity contribution in [1.29, 1.82) is 0 Å². The molecule has 26 heavy (non-hydrogen) atoms. The van der Waals surface area contributed by atoms with E-state index in [2.05, 4.69) is 91.8 Å². The van der Waals surface area contributed by atoms with Crippen LogP contribution < -0.4 is 5.30 Å². The zero-order valence-corrected chi connectivity index (χ0v) is 19.0. The molecular weight excluding hydrogens is 331 g/mol. The third-order valence-electron chi connectivity index (χ3n) is 5.41. The summed E-state index contributed by atoms with van der Waals surface area (Å²) in [4.78, 5) is 0. The lowest BCUT2D eigenvalue weighted by atomic mass is 9.82.